The second-order valence-corrected chi connectivity index (χ2v) is 10.4. The van der Waals surface area contributed by atoms with E-state index >= 15 is 0 Å². The number of ether oxygens (including phenoxy) is 5. The topological polar surface area (TPSA) is 104 Å². The summed E-state index contributed by atoms with van der Waals surface area (Å²) >= 11 is 0. The standard InChI is InChI=1S/C34H36N2O7/c1-19-31(34(38)36-24-9-7-8-10-28(24)41-4)32(23-18-22(39-2)12-14-27(23)40-3)33-25(35-19)15-21(16-26(33)37)20-11-13-29(42-5)30(17-20)43-6/h7-14,17-18,21,32,35H,15-16H2,1-6H3,(H,36,38)/t21-,32+/m1/s1. The number of amides is 1. The Morgan fingerprint density at radius 3 is 2.19 bits per heavy atom. The van der Waals surface area contributed by atoms with E-state index < -0.39 is 5.92 Å². The van der Waals surface area contributed by atoms with Crippen LogP contribution in [0.4, 0.5) is 5.69 Å². The first-order valence-electron chi connectivity index (χ1n) is 14.0. The predicted octanol–water partition coefficient (Wildman–Crippen LogP) is 5.73. The average molecular weight is 585 g/mol. The van der Waals surface area contributed by atoms with Crippen molar-refractivity contribution in [3.05, 3.63) is 94.3 Å². The molecule has 9 nitrogen and oxygen atoms in total. The third-order valence-corrected chi connectivity index (χ3v) is 8.05. The summed E-state index contributed by atoms with van der Waals surface area (Å²) in [6.07, 6.45) is 0.831. The lowest BCUT2D eigenvalue weighted by atomic mass is 9.71. The minimum absolute atomic E-state index is 0.0569. The van der Waals surface area contributed by atoms with Crippen LogP contribution in [-0.2, 0) is 9.59 Å². The summed E-state index contributed by atoms with van der Waals surface area (Å²) in [5, 5.41) is 6.43. The molecule has 2 atom stereocenters. The molecule has 0 spiro atoms. The number of benzene rings is 3. The molecule has 224 valence electrons. The van der Waals surface area contributed by atoms with Gasteiger partial charge >= 0.3 is 0 Å². The number of Topliss-reactive ketones (excluding diaryl/α,β-unsaturated/α-hetero) is 1. The van der Waals surface area contributed by atoms with E-state index in [-0.39, 0.29) is 24.0 Å². The molecule has 5 rings (SSSR count). The van der Waals surface area contributed by atoms with Crippen molar-refractivity contribution in [2.24, 2.45) is 0 Å². The molecule has 2 aliphatic rings. The Morgan fingerprint density at radius 1 is 0.791 bits per heavy atom. The second-order valence-electron chi connectivity index (χ2n) is 10.4. The highest BCUT2D eigenvalue weighted by Crippen LogP contribution is 2.49. The first-order chi connectivity index (χ1) is 20.8. The summed E-state index contributed by atoms with van der Waals surface area (Å²) in [5.74, 6) is 1.69. The summed E-state index contributed by atoms with van der Waals surface area (Å²) in [5.41, 5.74) is 4.52. The number of anilines is 1. The van der Waals surface area contributed by atoms with Crippen molar-refractivity contribution in [2.75, 3.05) is 40.9 Å². The maximum atomic E-state index is 14.2. The van der Waals surface area contributed by atoms with Gasteiger partial charge in [-0.25, -0.2) is 0 Å². The third-order valence-electron chi connectivity index (χ3n) is 8.05. The van der Waals surface area contributed by atoms with E-state index in [9.17, 15) is 9.59 Å². The molecule has 3 aromatic carbocycles. The summed E-state index contributed by atoms with van der Waals surface area (Å²) in [6, 6.07) is 18.3. The number of hydrogen-bond acceptors (Lipinski definition) is 8. The van der Waals surface area contributed by atoms with Crippen molar-refractivity contribution in [2.45, 2.75) is 31.6 Å². The second kappa shape index (κ2) is 12.5. The number of allylic oxidation sites excluding steroid dienone is 3. The molecule has 0 unspecified atom stereocenters. The molecular formula is C34H36N2O7. The van der Waals surface area contributed by atoms with Gasteiger partial charge < -0.3 is 34.3 Å². The van der Waals surface area contributed by atoms with Crippen molar-refractivity contribution in [3.63, 3.8) is 0 Å². The first kappa shape index (κ1) is 29.6. The van der Waals surface area contributed by atoms with Crippen LogP contribution in [0.1, 0.15) is 42.7 Å². The fraction of sp³-hybridized carbons (Fsp3) is 0.294. The zero-order valence-electron chi connectivity index (χ0n) is 25.2. The lowest BCUT2D eigenvalue weighted by molar-refractivity contribution is -0.116. The predicted molar refractivity (Wildman–Crippen MR) is 163 cm³/mol. The Labute approximate surface area is 251 Å². The Kier molecular flexibility index (Phi) is 8.61. The number of methoxy groups -OCH3 is 5. The molecule has 43 heavy (non-hydrogen) atoms. The molecule has 0 aromatic heterocycles. The van der Waals surface area contributed by atoms with Gasteiger partial charge in [0.25, 0.3) is 5.91 Å². The van der Waals surface area contributed by atoms with Crippen molar-refractivity contribution in [3.8, 4) is 28.7 Å². The van der Waals surface area contributed by atoms with Crippen LogP contribution in [0.3, 0.4) is 0 Å². The van der Waals surface area contributed by atoms with Crippen LogP contribution in [0.2, 0.25) is 0 Å². The average Bonchev–Trinajstić information content (AvgIpc) is 3.03. The van der Waals surface area contributed by atoms with Gasteiger partial charge in [0.05, 0.1) is 47.2 Å². The van der Waals surface area contributed by atoms with Crippen LogP contribution in [0, 0.1) is 0 Å². The molecule has 0 bridgehead atoms. The van der Waals surface area contributed by atoms with Gasteiger partial charge in [-0.15, -0.1) is 0 Å². The zero-order valence-corrected chi connectivity index (χ0v) is 25.2. The molecule has 9 heteroatoms. The molecule has 0 radical (unpaired) electrons. The van der Waals surface area contributed by atoms with Gasteiger partial charge in [0.15, 0.2) is 17.3 Å². The highest BCUT2D eigenvalue weighted by molar-refractivity contribution is 6.10. The molecule has 0 saturated carbocycles. The van der Waals surface area contributed by atoms with Gasteiger partial charge in [-0.1, -0.05) is 18.2 Å². The van der Waals surface area contributed by atoms with Gasteiger partial charge in [-0.3, -0.25) is 9.59 Å². The van der Waals surface area contributed by atoms with Crippen molar-refractivity contribution < 1.29 is 33.3 Å². The molecule has 0 saturated heterocycles. The molecule has 1 aliphatic carbocycles. The molecule has 2 N–H and O–H groups in total. The van der Waals surface area contributed by atoms with Gasteiger partial charge in [0, 0.05) is 34.5 Å². The van der Waals surface area contributed by atoms with E-state index in [4.69, 9.17) is 23.7 Å². The van der Waals surface area contributed by atoms with E-state index in [1.54, 1.807) is 59.8 Å². The third kappa shape index (κ3) is 5.62. The molecule has 0 fully saturated rings. The lowest BCUT2D eigenvalue weighted by Crippen LogP contribution is -2.37. The molecular weight excluding hydrogens is 548 g/mol. The van der Waals surface area contributed by atoms with E-state index in [0.717, 1.165) is 11.3 Å². The summed E-state index contributed by atoms with van der Waals surface area (Å²) < 4.78 is 27.7. The van der Waals surface area contributed by atoms with Crippen molar-refractivity contribution >= 4 is 17.4 Å². The summed E-state index contributed by atoms with van der Waals surface area (Å²) in [4.78, 5) is 28.2. The smallest absolute Gasteiger partial charge is 0.254 e. The monoisotopic (exact) mass is 584 g/mol. The van der Waals surface area contributed by atoms with Gasteiger partial charge in [-0.05, 0) is 67.3 Å². The van der Waals surface area contributed by atoms with Gasteiger partial charge in [-0.2, -0.15) is 0 Å². The fourth-order valence-corrected chi connectivity index (χ4v) is 6.00. The first-order valence-corrected chi connectivity index (χ1v) is 14.0. The highest BCUT2D eigenvalue weighted by Gasteiger charge is 2.42. The van der Waals surface area contributed by atoms with Crippen LogP contribution in [0.25, 0.3) is 0 Å². The van der Waals surface area contributed by atoms with Crippen LogP contribution in [-0.4, -0.2) is 47.2 Å². The van der Waals surface area contributed by atoms with E-state index in [1.807, 2.05) is 43.3 Å². The maximum Gasteiger partial charge on any atom is 0.254 e. The Morgan fingerprint density at radius 2 is 1.49 bits per heavy atom. The number of dihydropyridines is 1. The van der Waals surface area contributed by atoms with E-state index in [0.29, 0.717) is 63.3 Å². The summed E-state index contributed by atoms with van der Waals surface area (Å²) in [6.45, 7) is 1.85. The Bertz CT molecular complexity index is 1620. The maximum absolute atomic E-state index is 14.2. The zero-order chi connectivity index (χ0) is 30.7. The number of hydrogen-bond donors (Lipinski definition) is 2. The Hall–Kier alpha value is -4.92. The minimum atomic E-state index is -0.699. The SMILES string of the molecule is COc1ccc(OC)c([C@H]2C(C(=O)Nc3ccccc3OC)=C(C)NC3=C2C(=O)C[C@H](c2ccc(OC)c(OC)c2)C3)c1. The van der Waals surface area contributed by atoms with Gasteiger partial charge in [0.1, 0.15) is 17.2 Å². The van der Waals surface area contributed by atoms with Crippen LogP contribution >= 0.6 is 0 Å². The van der Waals surface area contributed by atoms with Crippen LogP contribution in [0.15, 0.2) is 83.2 Å². The molecule has 1 heterocycles. The van der Waals surface area contributed by atoms with Crippen molar-refractivity contribution in [1.82, 2.24) is 5.32 Å². The molecule has 1 aliphatic heterocycles. The van der Waals surface area contributed by atoms with Gasteiger partial charge in [0.2, 0.25) is 0 Å². The number of ketones is 1. The van der Waals surface area contributed by atoms with Crippen LogP contribution < -0.4 is 34.3 Å². The number of carbonyl (C=O) groups is 2. The van der Waals surface area contributed by atoms with Crippen LogP contribution in [0.5, 0.6) is 28.7 Å². The quantitative estimate of drug-likeness (QED) is 0.329. The molecule has 1 amide bonds. The minimum Gasteiger partial charge on any atom is -0.497 e. The number of carbonyl (C=O) groups excluding carboxylic acids is 2. The van der Waals surface area contributed by atoms with E-state index in [1.165, 1.54) is 0 Å². The fourth-order valence-electron chi connectivity index (χ4n) is 6.00. The Balaban J connectivity index is 1.61. The highest BCUT2D eigenvalue weighted by atomic mass is 16.5. The van der Waals surface area contributed by atoms with E-state index in [2.05, 4.69) is 10.6 Å². The molecule has 3 aromatic rings. The summed E-state index contributed by atoms with van der Waals surface area (Å²) in [7, 11) is 7.88. The normalized spacial score (nSPS) is 18.0. The number of rotatable bonds is 9. The number of para-hydroxylation sites is 2. The largest absolute Gasteiger partial charge is 0.497 e. The van der Waals surface area contributed by atoms with Crippen molar-refractivity contribution in [1.29, 1.82) is 0 Å². The lowest BCUT2D eigenvalue weighted by Gasteiger charge is -2.37. The number of nitrogens with one attached hydrogen (secondary N) is 2.